The minimum atomic E-state index is -0.665. The third-order valence-corrected chi connectivity index (χ3v) is 10.4. The van der Waals surface area contributed by atoms with Crippen LogP contribution in [0.25, 0.3) is 0 Å². The van der Waals surface area contributed by atoms with Crippen LogP contribution in [0.15, 0.2) is 0 Å². The Hall–Kier alpha value is 0.917. The molecule has 8 heavy (non-hydrogen) atoms. The largest absolute Gasteiger partial charge is 0.154 e. The van der Waals surface area contributed by atoms with Crippen LogP contribution in [0, 0.1) is 0 Å². The van der Waals surface area contributed by atoms with E-state index in [0.717, 1.165) is 0 Å². The van der Waals surface area contributed by atoms with Crippen molar-refractivity contribution in [3.63, 3.8) is 0 Å². The fourth-order valence-corrected chi connectivity index (χ4v) is 8.88. The van der Waals surface area contributed by atoms with Gasteiger partial charge in [-0.3, -0.25) is 0 Å². The minimum Gasteiger partial charge on any atom is -0.154 e. The molecule has 0 N–H and O–H groups in total. The molecule has 0 unspecified atom stereocenters. The first-order valence-electron chi connectivity index (χ1n) is 2.86. The fraction of sp³-hybridized carbons (Fsp3) is 1.00. The Kier molecular flexibility index (Phi) is 2.34. The first-order chi connectivity index (χ1) is 3.71. The molecular formula is C5H12S2Si. The van der Waals surface area contributed by atoms with E-state index in [1.807, 2.05) is 0 Å². The Morgan fingerprint density at radius 3 is 1.88 bits per heavy atom. The van der Waals surface area contributed by atoms with Crippen LogP contribution in [0.5, 0.6) is 0 Å². The zero-order chi connectivity index (χ0) is 6.04. The molecule has 0 saturated carbocycles. The van der Waals surface area contributed by atoms with Gasteiger partial charge in [0.15, 0.2) is 0 Å². The van der Waals surface area contributed by atoms with Crippen molar-refractivity contribution in [2.45, 2.75) is 13.1 Å². The van der Waals surface area contributed by atoms with Gasteiger partial charge in [-0.15, -0.1) is 0 Å². The lowest BCUT2D eigenvalue weighted by molar-refractivity contribution is 1.63. The molecule has 0 aliphatic carbocycles. The van der Waals surface area contributed by atoms with Gasteiger partial charge >= 0.3 is 0 Å². The third kappa shape index (κ3) is 2.03. The molecule has 0 aromatic carbocycles. The first kappa shape index (κ1) is 7.03. The lowest BCUT2D eigenvalue weighted by atomic mass is 11.7. The van der Waals surface area contributed by atoms with E-state index in [9.17, 15) is 0 Å². The van der Waals surface area contributed by atoms with Crippen molar-refractivity contribution in [2.75, 3.05) is 15.8 Å². The van der Waals surface area contributed by atoms with E-state index in [1.165, 1.54) is 15.8 Å². The molecule has 3 heteroatoms. The Morgan fingerprint density at radius 2 is 1.62 bits per heavy atom. The van der Waals surface area contributed by atoms with Crippen LogP contribution >= 0.6 is 23.5 Å². The normalized spacial score (nSPS) is 27.8. The van der Waals surface area contributed by atoms with Crippen molar-refractivity contribution in [3.05, 3.63) is 0 Å². The molecule has 0 aromatic heterocycles. The molecule has 1 aliphatic rings. The number of hydrogen-bond acceptors (Lipinski definition) is 2. The summed E-state index contributed by atoms with van der Waals surface area (Å²) < 4.78 is 0. The Labute approximate surface area is 60.8 Å². The summed E-state index contributed by atoms with van der Waals surface area (Å²) in [6.45, 7) is 4.96. The summed E-state index contributed by atoms with van der Waals surface area (Å²) >= 11 is 4.25. The highest BCUT2D eigenvalue weighted by Gasteiger charge is 2.23. The van der Waals surface area contributed by atoms with E-state index in [-0.39, 0.29) is 0 Å². The highest BCUT2D eigenvalue weighted by atomic mass is 32.2. The monoisotopic (exact) mass is 164 g/mol. The summed E-state index contributed by atoms with van der Waals surface area (Å²) in [6, 6.07) is 0. The molecule has 1 aliphatic heterocycles. The predicted octanol–water partition coefficient (Wildman–Crippen LogP) is 2.21. The van der Waals surface area contributed by atoms with Gasteiger partial charge in [0.25, 0.3) is 0 Å². The Morgan fingerprint density at radius 1 is 1.12 bits per heavy atom. The van der Waals surface area contributed by atoms with Gasteiger partial charge < -0.3 is 0 Å². The number of thioether (sulfide) groups is 2. The average Bonchev–Trinajstić information content (AvgIpc) is 1.65. The second kappa shape index (κ2) is 2.67. The van der Waals surface area contributed by atoms with Crippen LogP contribution in [-0.4, -0.2) is 23.9 Å². The summed E-state index contributed by atoms with van der Waals surface area (Å²) in [7, 11) is -0.665. The molecule has 1 fully saturated rings. The lowest BCUT2D eigenvalue weighted by Crippen LogP contribution is -2.35. The molecule has 1 rings (SSSR count). The Balaban J connectivity index is 2.33. The van der Waals surface area contributed by atoms with Crippen molar-refractivity contribution in [1.82, 2.24) is 0 Å². The van der Waals surface area contributed by atoms with Crippen LogP contribution in [0.2, 0.25) is 13.1 Å². The van der Waals surface area contributed by atoms with Crippen LogP contribution < -0.4 is 0 Å². The standard InChI is InChI=1S/C5H12S2Si/c1-8(2)4-6-3-7-5-8/h3-5H2,1-2H3. The second-order valence-electron chi connectivity index (χ2n) is 2.98. The van der Waals surface area contributed by atoms with Gasteiger partial charge in [-0.25, -0.2) is 0 Å². The van der Waals surface area contributed by atoms with E-state index in [4.69, 9.17) is 0 Å². The zero-order valence-electron chi connectivity index (χ0n) is 5.44. The highest BCUT2D eigenvalue weighted by molar-refractivity contribution is 8.19. The van der Waals surface area contributed by atoms with Crippen LogP contribution in [0.4, 0.5) is 0 Å². The van der Waals surface area contributed by atoms with E-state index in [2.05, 4.69) is 36.6 Å². The number of hydrogen-bond donors (Lipinski definition) is 0. The molecule has 0 bridgehead atoms. The molecule has 0 aromatic rings. The van der Waals surface area contributed by atoms with Gasteiger partial charge in [0, 0.05) is 5.08 Å². The zero-order valence-corrected chi connectivity index (χ0v) is 8.07. The molecule has 1 heterocycles. The van der Waals surface area contributed by atoms with Gasteiger partial charge in [-0.1, -0.05) is 13.1 Å². The van der Waals surface area contributed by atoms with Crippen LogP contribution in [0.1, 0.15) is 0 Å². The summed E-state index contributed by atoms with van der Waals surface area (Å²) in [6.07, 6.45) is 0. The van der Waals surface area contributed by atoms with Gasteiger partial charge in [-0.05, 0) is 10.8 Å². The topological polar surface area (TPSA) is 0 Å². The average molecular weight is 164 g/mol. The smallest absolute Gasteiger partial charge is 0.0681 e. The summed E-state index contributed by atoms with van der Waals surface area (Å²) in [5.74, 6) is 0. The van der Waals surface area contributed by atoms with E-state index in [0.29, 0.717) is 0 Å². The minimum absolute atomic E-state index is 0.665. The summed E-state index contributed by atoms with van der Waals surface area (Å²) in [5.41, 5.74) is 0. The van der Waals surface area contributed by atoms with Crippen molar-refractivity contribution < 1.29 is 0 Å². The van der Waals surface area contributed by atoms with Gasteiger partial charge in [0.05, 0.1) is 8.07 Å². The van der Waals surface area contributed by atoms with E-state index < -0.39 is 8.07 Å². The van der Waals surface area contributed by atoms with Gasteiger partial charge in [0.1, 0.15) is 0 Å². The summed E-state index contributed by atoms with van der Waals surface area (Å²) in [4.78, 5) is 0. The lowest BCUT2D eigenvalue weighted by Gasteiger charge is -2.25. The van der Waals surface area contributed by atoms with E-state index in [1.54, 1.807) is 0 Å². The third-order valence-electron chi connectivity index (χ3n) is 1.15. The van der Waals surface area contributed by atoms with Crippen LogP contribution in [0.3, 0.4) is 0 Å². The SMILES string of the molecule is C[Si]1(C)CSCSC1. The molecule has 0 nitrogen and oxygen atoms in total. The Bertz CT molecular complexity index is 74.5. The fourth-order valence-electron chi connectivity index (χ4n) is 0.737. The van der Waals surface area contributed by atoms with Crippen molar-refractivity contribution in [1.29, 1.82) is 0 Å². The van der Waals surface area contributed by atoms with Crippen LogP contribution in [-0.2, 0) is 0 Å². The molecule has 1 saturated heterocycles. The molecule has 0 atom stereocenters. The molecule has 0 spiro atoms. The quantitative estimate of drug-likeness (QED) is 0.504. The van der Waals surface area contributed by atoms with Gasteiger partial charge in [0.2, 0.25) is 0 Å². The van der Waals surface area contributed by atoms with Crippen molar-refractivity contribution in [2.24, 2.45) is 0 Å². The molecular weight excluding hydrogens is 152 g/mol. The molecule has 48 valence electrons. The highest BCUT2D eigenvalue weighted by Crippen LogP contribution is 2.26. The van der Waals surface area contributed by atoms with Gasteiger partial charge in [-0.2, -0.15) is 23.5 Å². The van der Waals surface area contributed by atoms with Crippen molar-refractivity contribution in [3.8, 4) is 0 Å². The molecule has 0 amide bonds. The maximum Gasteiger partial charge on any atom is 0.0681 e. The maximum absolute atomic E-state index is 2.48. The van der Waals surface area contributed by atoms with E-state index >= 15 is 0 Å². The second-order valence-corrected chi connectivity index (χ2v) is 11.4. The predicted molar refractivity (Wildman–Crippen MR) is 47.3 cm³/mol. The number of rotatable bonds is 0. The first-order valence-corrected chi connectivity index (χ1v) is 8.59. The maximum atomic E-state index is 2.48. The molecule has 0 radical (unpaired) electrons. The summed E-state index contributed by atoms with van der Waals surface area (Å²) in [5, 5.41) is 4.32. The van der Waals surface area contributed by atoms with Crippen molar-refractivity contribution >= 4 is 31.6 Å².